The minimum Gasteiger partial charge on any atom is -0.309 e. The Morgan fingerprint density at radius 2 is 2.19 bits per heavy atom. The first-order chi connectivity index (χ1) is 10.2. The van der Waals surface area contributed by atoms with Gasteiger partial charge in [-0.1, -0.05) is 19.9 Å². The summed E-state index contributed by atoms with van der Waals surface area (Å²) in [4.78, 5) is 6.56. The first kappa shape index (κ1) is 16.5. The van der Waals surface area contributed by atoms with E-state index < -0.39 is 0 Å². The Labute approximate surface area is 134 Å². The smallest absolute Gasteiger partial charge is 0.134 e. The van der Waals surface area contributed by atoms with Crippen molar-refractivity contribution in [3.63, 3.8) is 0 Å². The SMILES string of the molecule is CCCNC(C)c1cnc(-c2c(F)cccc2SCC)s1. The lowest BCUT2D eigenvalue weighted by Crippen LogP contribution is -2.18. The van der Waals surface area contributed by atoms with Gasteiger partial charge >= 0.3 is 0 Å². The molecule has 1 aromatic heterocycles. The molecular weight excluding hydrogens is 303 g/mol. The van der Waals surface area contributed by atoms with Gasteiger partial charge in [-0.25, -0.2) is 9.37 Å². The largest absolute Gasteiger partial charge is 0.309 e. The van der Waals surface area contributed by atoms with Crippen molar-refractivity contribution < 1.29 is 4.39 Å². The molecule has 0 radical (unpaired) electrons. The second kappa shape index (κ2) is 7.92. The van der Waals surface area contributed by atoms with Crippen molar-refractivity contribution in [1.29, 1.82) is 0 Å². The molecule has 0 amide bonds. The Balaban J connectivity index is 2.29. The molecule has 0 aliphatic carbocycles. The van der Waals surface area contributed by atoms with Gasteiger partial charge in [0, 0.05) is 22.0 Å². The number of nitrogens with zero attached hydrogens (tertiary/aromatic N) is 1. The van der Waals surface area contributed by atoms with Crippen molar-refractivity contribution in [2.45, 2.75) is 38.1 Å². The average molecular weight is 324 g/mol. The average Bonchev–Trinajstić information content (AvgIpc) is 2.95. The second-order valence-corrected chi connectivity index (χ2v) is 7.16. The molecule has 0 bridgehead atoms. The summed E-state index contributed by atoms with van der Waals surface area (Å²) >= 11 is 3.23. The van der Waals surface area contributed by atoms with E-state index in [1.54, 1.807) is 29.2 Å². The number of halogens is 1. The molecule has 1 N–H and O–H groups in total. The van der Waals surface area contributed by atoms with E-state index in [1.807, 2.05) is 12.3 Å². The molecule has 21 heavy (non-hydrogen) atoms. The van der Waals surface area contributed by atoms with E-state index in [1.165, 1.54) is 6.07 Å². The van der Waals surface area contributed by atoms with Gasteiger partial charge in [-0.15, -0.1) is 23.1 Å². The van der Waals surface area contributed by atoms with E-state index >= 15 is 0 Å². The lowest BCUT2D eigenvalue weighted by Gasteiger charge is -2.10. The van der Waals surface area contributed by atoms with Crippen LogP contribution in [0.25, 0.3) is 10.6 Å². The van der Waals surface area contributed by atoms with Gasteiger partial charge in [-0.3, -0.25) is 0 Å². The third-order valence-corrected chi connectivity index (χ3v) is 5.28. The Morgan fingerprint density at radius 1 is 1.38 bits per heavy atom. The maximum atomic E-state index is 14.2. The Morgan fingerprint density at radius 3 is 2.90 bits per heavy atom. The summed E-state index contributed by atoms with van der Waals surface area (Å²) in [5, 5.41) is 4.21. The minimum absolute atomic E-state index is 0.191. The molecule has 0 saturated carbocycles. The van der Waals surface area contributed by atoms with Crippen LogP contribution in [0.3, 0.4) is 0 Å². The molecule has 1 atom stereocenters. The fourth-order valence-corrected chi connectivity index (χ4v) is 3.94. The molecule has 1 aromatic carbocycles. The van der Waals surface area contributed by atoms with E-state index in [0.717, 1.165) is 33.5 Å². The zero-order chi connectivity index (χ0) is 15.2. The predicted molar refractivity (Wildman–Crippen MR) is 90.6 cm³/mol. The summed E-state index contributed by atoms with van der Waals surface area (Å²) in [7, 11) is 0. The monoisotopic (exact) mass is 324 g/mol. The summed E-state index contributed by atoms with van der Waals surface area (Å²) in [6, 6.07) is 5.49. The highest BCUT2D eigenvalue weighted by Crippen LogP contribution is 2.37. The van der Waals surface area contributed by atoms with Crippen LogP contribution in [0.4, 0.5) is 4.39 Å². The third-order valence-electron chi connectivity index (χ3n) is 3.14. The summed E-state index contributed by atoms with van der Waals surface area (Å²) < 4.78 is 14.2. The van der Waals surface area contributed by atoms with Crippen LogP contribution in [0.2, 0.25) is 0 Å². The molecule has 0 fully saturated rings. The summed E-state index contributed by atoms with van der Waals surface area (Å²) in [5.74, 6) is 0.729. The Kier molecular flexibility index (Phi) is 6.21. The summed E-state index contributed by atoms with van der Waals surface area (Å²) in [6.07, 6.45) is 2.96. The molecule has 2 rings (SSSR count). The van der Waals surface area contributed by atoms with E-state index in [4.69, 9.17) is 0 Å². The summed E-state index contributed by atoms with van der Waals surface area (Å²) in [6.45, 7) is 7.32. The van der Waals surface area contributed by atoms with Gasteiger partial charge < -0.3 is 5.32 Å². The van der Waals surface area contributed by atoms with E-state index in [-0.39, 0.29) is 11.9 Å². The van der Waals surface area contributed by atoms with Gasteiger partial charge in [0.05, 0.1) is 5.56 Å². The minimum atomic E-state index is -0.191. The van der Waals surface area contributed by atoms with Gasteiger partial charge in [0.2, 0.25) is 0 Å². The van der Waals surface area contributed by atoms with Gasteiger partial charge in [0.15, 0.2) is 0 Å². The zero-order valence-electron chi connectivity index (χ0n) is 12.6. The molecule has 2 aromatic rings. The van der Waals surface area contributed by atoms with Gasteiger partial charge in [-0.2, -0.15) is 0 Å². The van der Waals surface area contributed by atoms with Crippen molar-refractivity contribution in [3.8, 4) is 10.6 Å². The van der Waals surface area contributed by atoms with Crippen LogP contribution >= 0.6 is 23.1 Å². The van der Waals surface area contributed by atoms with Crippen molar-refractivity contribution in [2.75, 3.05) is 12.3 Å². The van der Waals surface area contributed by atoms with Gasteiger partial charge in [-0.05, 0) is 37.8 Å². The van der Waals surface area contributed by atoms with Crippen LogP contribution in [0.15, 0.2) is 29.3 Å². The molecule has 1 heterocycles. The number of rotatable bonds is 7. The first-order valence-corrected chi connectivity index (χ1v) is 9.08. The highest BCUT2D eigenvalue weighted by molar-refractivity contribution is 7.99. The van der Waals surface area contributed by atoms with E-state index in [0.29, 0.717) is 5.56 Å². The van der Waals surface area contributed by atoms with Crippen molar-refractivity contribution in [1.82, 2.24) is 10.3 Å². The lowest BCUT2D eigenvalue weighted by atomic mass is 10.2. The van der Waals surface area contributed by atoms with Crippen LogP contribution < -0.4 is 5.32 Å². The lowest BCUT2D eigenvalue weighted by molar-refractivity contribution is 0.577. The quantitative estimate of drug-likeness (QED) is 0.715. The van der Waals surface area contributed by atoms with Gasteiger partial charge in [0.25, 0.3) is 0 Å². The molecule has 0 spiro atoms. The van der Waals surface area contributed by atoms with Crippen LogP contribution in [0.1, 0.15) is 38.1 Å². The van der Waals surface area contributed by atoms with Crippen LogP contribution in [-0.2, 0) is 0 Å². The van der Waals surface area contributed by atoms with E-state index in [2.05, 4.69) is 31.1 Å². The second-order valence-electron chi connectivity index (χ2n) is 4.79. The third kappa shape index (κ3) is 4.05. The van der Waals surface area contributed by atoms with Crippen molar-refractivity contribution in [3.05, 3.63) is 35.1 Å². The van der Waals surface area contributed by atoms with Gasteiger partial charge in [0.1, 0.15) is 10.8 Å². The normalized spacial score (nSPS) is 12.6. The first-order valence-electron chi connectivity index (χ1n) is 7.28. The predicted octanol–water partition coefficient (Wildman–Crippen LogP) is 5.12. The number of thioether (sulfide) groups is 1. The molecule has 2 nitrogen and oxygen atoms in total. The van der Waals surface area contributed by atoms with Crippen LogP contribution in [0, 0.1) is 5.82 Å². The molecule has 0 saturated heterocycles. The summed E-state index contributed by atoms with van der Waals surface area (Å²) in [5.41, 5.74) is 0.642. The molecule has 0 aliphatic rings. The van der Waals surface area contributed by atoms with Crippen LogP contribution in [0.5, 0.6) is 0 Å². The topological polar surface area (TPSA) is 24.9 Å². The van der Waals surface area contributed by atoms with Crippen molar-refractivity contribution >= 4 is 23.1 Å². The standard InChI is InChI=1S/C16H21FN2S2/c1-4-9-18-11(3)14-10-19-16(21-14)15-12(17)7-6-8-13(15)20-5-2/h6-8,10-11,18H,4-5,9H2,1-3H3. The number of hydrogen-bond donors (Lipinski definition) is 1. The van der Waals surface area contributed by atoms with E-state index in [9.17, 15) is 4.39 Å². The Bertz CT molecular complexity index is 583. The number of hydrogen-bond acceptors (Lipinski definition) is 4. The number of aromatic nitrogens is 1. The zero-order valence-corrected chi connectivity index (χ0v) is 14.3. The number of nitrogens with one attached hydrogen (secondary N) is 1. The Hall–Kier alpha value is -0.910. The fraction of sp³-hybridized carbons (Fsp3) is 0.438. The highest BCUT2D eigenvalue weighted by Gasteiger charge is 2.16. The molecule has 5 heteroatoms. The molecular formula is C16H21FN2S2. The molecule has 114 valence electrons. The maximum absolute atomic E-state index is 14.2. The molecule has 0 aliphatic heterocycles. The van der Waals surface area contributed by atoms with Crippen LogP contribution in [-0.4, -0.2) is 17.3 Å². The molecule has 1 unspecified atom stereocenters. The number of thiazole rings is 1. The maximum Gasteiger partial charge on any atom is 0.134 e. The highest BCUT2D eigenvalue weighted by atomic mass is 32.2. The fourth-order valence-electron chi connectivity index (χ4n) is 2.05. The number of benzene rings is 1. The van der Waals surface area contributed by atoms with Crippen molar-refractivity contribution in [2.24, 2.45) is 0 Å².